The van der Waals surface area contributed by atoms with Crippen molar-refractivity contribution in [2.75, 3.05) is 26.8 Å². The number of piperidine rings is 1. The topological polar surface area (TPSA) is 32.7 Å². The second-order valence-corrected chi connectivity index (χ2v) is 7.08. The summed E-state index contributed by atoms with van der Waals surface area (Å²) in [6.45, 7) is 2.69. The first kappa shape index (κ1) is 15.8. The van der Waals surface area contributed by atoms with Crippen molar-refractivity contribution in [3.8, 4) is 5.75 Å². The van der Waals surface area contributed by atoms with Crippen molar-refractivity contribution >= 4 is 0 Å². The van der Waals surface area contributed by atoms with E-state index in [1.165, 1.54) is 18.9 Å². The fraction of sp³-hybridized carbons (Fsp3) is 0.667. The van der Waals surface area contributed by atoms with Gasteiger partial charge in [0, 0.05) is 30.7 Å². The predicted octanol–water partition coefficient (Wildman–Crippen LogP) is 3.21. The number of hydrogen-bond donors (Lipinski definition) is 1. The molecule has 2 fully saturated rings. The van der Waals surface area contributed by atoms with Gasteiger partial charge in [0.15, 0.2) is 0 Å². The van der Waals surface area contributed by atoms with Gasteiger partial charge in [0.05, 0.1) is 7.11 Å². The molecular weight excluding hydrogens is 281 g/mol. The van der Waals surface area contributed by atoms with Gasteiger partial charge in [-0.3, -0.25) is 4.90 Å². The molecule has 4 heteroatoms. The Morgan fingerprint density at radius 1 is 1.41 bits per heavy atom. The van der Waals surface area contributed by atoms with E-state index in [0.29, 0.717) is 17.9 Å². The van der Waals surface area contributed by atoms with Crippen LogP contribution in [0.4, 0.5) is 4.39 Å². The predicted molar refractivity (Wildman–Crippen MR) is 84.3 cm³/mol. The third-order valence-electron chi connectivity index (χ3n) is 5.14. The average Bonchev–Trinajstić information content (AvgIpc) is 3.33. The minimum Gasteiger partial charge on any atom is -0.497 e. The van der Waals surface area contributed by atoms with E-state index in [-0.39, 0.29) is 17.8 Å². The van der Waals surface area contributed by atoms with Crippen LogP contribution in [0.2, 0.25) is 0 Å². The summed E-state index contributed by atoms with van der Waals surface area (Å²) in [7, 11) is 1.60. The molecule has 0 aromatic heterocycles. The van der Waals surface area contributed by atoms with E-state index < -0.39 is 0 Å². The van der Waals surface area contributed by atoms with Crippen molar-refractivity contribution in [2.45, 2.75) is 38.6 Å². The Morgan fingerprint density at radius 3 is 2.91 bits per heavy atom. The van der Waals surface area contributed by atoms with Crippen LogP contribution in [-0.4, -0.2) is 36.8 Å². The van der Waals surface area contributed by atoms with Gasteiger partial charge in [-0.1, -0.05) is 12.8 Å². The highest BCUT2D eigenvalue weighted by Gasteiger charge is 2.39. The molecule has 1 atom stereocenters. The third-order valence-corrected chi connectivity index (χ3v) is 5.14. The van der Waals surface area contributed by atoms with E-state index in [4.69, 9.17) is 4.74 Å². The van der Waals surface area contributed by atoms with Gasteiger partial charge in [0.2, 0.25) is 0 Å². The Kier molecular flexibility index (Phi) is 4.69. The lowest BCUT2D eigenvalue weighted by Gasteiger charge is -2.42. The number of nitrogens with zero attached hydrogens (tertiary/aromatic N) is 1. The lowest BCUT2D eigenvalue weighted by Crippen LogP contribution is -2.45. The molecule has 1 aromatic carbocycles. The minimum atomic E-state index is -0.178. The summed E-state index contributed by atoms with van der Waals surface area (Å²) in [6, 6.07) is 4.91. The normalized spacial score (nSPS) is 26.1. The number of ether oxygens (including phenoxy) is 1. The van der Waals surface area contributed by atoms with Crippen LogP contribution < -0.4 is 4.74 Å². The molecule has 3 nitrogen and oxygen atoms in total. The van der Waals surface area contributed by atoms with E-state index in [1.807, 2.05) is 0 Å². The average molecular weight is 307 g/mol. The molecule has 0 unspecified atom stereocenters. The van der Waals surface area contributed by atoms with Crippen molar-refractivity contribution in [1.29, 1.82) is 0 Å². The van der Waals surface area contributed by atoms with Crippen LogP contribution in [0.15, 0.2) is 18.2 Å². The summed E-state index contributed by atoms with van der Waals surface area (Å²) in [5.74, 6) is 1.32. The minimum absolute atomic E-state index is 0.0226. The summed E-state index contributed by atoms with van der Waals surface area (Å²) in [4.78, 5) is 2.29. The summed E-state index contributed by atoms with van der Waals surface area (Å²) >= 11 is 0. The number of hydrogen-bond acceptors (Lipinski definition) is 3. The molecule has 0 spiro atoms. The zero-order chi connectivity index (χ0) is 15.6. The molecule has 1 saturated carbocycles. The maximum atomic E-state index is 14.0. The van der Waals surface area contributed by atoms with Crippen LogP contribution in [0, 0.1) is 17.2 Å². The standard InChI is InChI=1S/C18H26FNO2/c1-22-16-5-6-17(19)15(9-16)11-20-8-2-7-18(12-20,13-21)10-14-3-4-14/h5-6,9,14,21H,2-4,7-8,10-13H2,1H3/t18-/m0/s1. The summed E-state index contributed by atoms with van der Waals surface area (Å²) in [6.07, 6.45) is 5.93. The van der Waals surface area contributed by atoms with Gasteiger partial charge >= 0.3 is 0 Å². The number of aliphatic hydroxyl groups excluding tert-OH is 1. The molecule has 22 heavy (non-hydrogen) atoms. The molecule has 0 radical (unpaired) electrons. The Balaban J connectivity index is 1.69. The molecule has 1 aliphatic carbocycles. The number of benzene rings is 1. The summed E-state index contributed by atoms with van der Waals surface area (Å²) in [5, 5.41) is 9.92. The maximum Gasteiger partial charge on any atom is 0.127 e. The highest BCUT2D eigenvalue weighted by molar-refractivity contribution is 5.29. The number of halogens is 1. The van der Waals surface area contributed by atoms with Gasteiger partial charge in [-0.2, -0.15) is 0 Å². The van der Waals surface area contributed by atoms with Gasteiger partial charge in [-0.05, 0) is 49.9 Å². The molecule has 122 valence electrons. The van der Waals surface area contributed by atoms with Crippen molar-refractivity contribution in [1.82, 2.24) is 4.90 Å². The van der Waals surface area contributed by atoms with E-state index in [2.05, 4.69) is 4.90 Å². The highest BCUT2D eigenvalue weighted by Crippen LogP contribution is 2.44. The van der Waals surface area contributed by atoms with Crippen LogP contribution in [0.1, 0.15) is 37.7 Å². The second-order valence-electron chi connectivity index (χ2n) is 7.08. The zero-order valence-electron chi connectivity index (χ0n) is 13.4. The molecule has 0 amide bonds. The Hall–Kier alpha value is -1.13. The Morgan fingerprint density at radius 2 is 2.23 bits per heavy atom. The molecule has 0 bridgehead atoms. The van der Waals surface area contributed by atoms with E-state index in [0.717, 1.165) is 38.3 Å². The first-order chi connectivity index (χ1) is 10.6. The SMILES string of the molecule is COc1ccc(F)c(CN2CCC[C@](CO)(CC3CC3)C2)c1. The first-order valence-electron chi connectivity index (χ1n) is 8.30. The van der Waals surface area contributed by atoms with Gasteiger partial charge < -0.3 is 9.84 Å². The summed E-state index contributed by atoms with van der Waals surface area (Å²) < 4.78 is 19.2. The number of methoxy groups -OCH3 is 1. The van der Waals surface area contributed by atoms with Crippen LogP contribution in [0.3, 0.4) is 0 Å². The van der Waals surface area contributed by atoms with Gasteiger partial charge in [0.25, 0.3) is 0 Å². The van der Waals surface area contributed by atoms with E-state index in [1.54, 1.807) is 19.2 Å². The quantitative estimate of drug-likeness (QED) is 0.876. The number of rotatable bonds is 6. The molecule has 1 heterocycles. The van der Waals surface area contributed by atoms with Crippen LogP contribution in [-0.2, 0) is 6.54 Å². The lowest BCUT2D eigenvalue weighted by molar-refractivity contribution is 0.0176. The fourth-order valence-electron chi connectivity index (χ4n) is 3.78. The van der Waals surface area contributed by atoms with E-state index in [9.17, 15) is 9.50 Å². The zero-order valence-corrected chi connectivity index (χ0v) is 13.4. The number of aliphatic hydroxyl groups is 1. The van der Waals surface area contributed by atoms with Crippen LogP contribution >= 0.6 is 0 Å². The van der Waals surface area contributed by atoms with Crippen molar-refractivity contribution in [3.05, 3.63) is 29.6 Å². The largest absolute Gasteiger partial charge is 0.497 e. The van der Waals surface area contributed by atoms with Crippen molar-refractivity contribution in [3.63, 3.8) is 0 Å². The van der Waals surface area contributed by atoms with Crippen LogP contribution in [0.25, 0.3) is 0 Å². The molecule has 1 aliphatic heterocycles. The molecule has 1 saturated heterocycles. The molecule has 3 rings (SSSR count). The van der Waals surface area contributed by atoms with Crippen LogP contribution in [0.5, 0.6) is 5.75 Å². The Labute approximate surface area is 132 Å². The molecule has 1 aromatic rings. The number of likely N-dealkylation sites (tertiary alicyclic amines) is 1. The van der Waals surface area contributed by atoms with Crippen molar-refractivity contribution < 1.29 is 14.2 Å². The highest BCUT2D eigenvalue weighted by atomic mass is 19.1. The monoisotopic (exact) mass is 307 g/mol. The summed E-state index contributed by atoms with van der Waals surface area (Å²) in [5.41, 5.74) is 0.703. The fourth-order valence-corrected chi connectivity index (χ4v) is 3.78. The van der Waals surface area contributed by atoms with Crippen molar-refractivity contribution in [2.24, 2.45) is 11.3 Å². The van der Waals surface area contributed by atoms with Gasteiger partial charge in [-0.15, -0.1) is 0 Å². The first-order valence-corrected chi connectivity index (χ1v) is 8.30. The smallest absolute Gasteiger partial charge is 0.127 e. The van der Waals surface area contributed by atoms with Gasteiger partial charge in [0.1, 0.15) is 11.6 Å². The Bertz CT molecular complexity index is 518. The molecular formula is C18H26FNO2. The van der Waals surface area contributed by atoms with E-state index >= 15 is 0 Å². The molecule has 2 aliphatic rings. The third kappa shape index (κ3) is 3.61. The molecule has 1 N–H and O–H groups in total. The maximum absolute atomic E-state index is 14.0. The van der Waals surface area contributed by atoms with Gasteiger partial charge in [-0.25, -0.2) is 4.39 Å². The lowest BCUT2D eigenvalue weighted by atomic mass is 9.76. The second kappa shape index (κ2) is 6.55.